The van der Waals surface area contributed by atoms with Crippen LogP contribution in [0.2, 0.25) is 0 Å². The summed E-state index contributed by atoms with van der Waals surface area (Å²) >= 11 is 0. The summed E-state index contributed by atoms with van der Waals surface area (Å²) in [6.07, 6.45) is 5.03. The molecule has 1 amide bonds. The van der Waals surface area contributed by atoms with Crippen molar-refractivity contribution in [3.63, 3.8) is 0 Å². The van der Waals surface area contributed by atoms with Crippen LogP contribution in [0.3, 0.4) is 0 Å². The Balaban J connectivity index is 2.17. The molecule has 0 aliphatic carbocycles. The van der Waals surface area contributed by atoms with Gasteiger partial charge in [-0.3, -0.25) is 9.59 Å². The van der Waals surface area contributed by atoms with Crippen molar-refractivity contribution >= 4 is 12.0 Å². The number of carbonyl (C=O) groups excluding carboxylic acids is 1. The summed E-state index contributed by atoms with van der Waals surface area (Å²) in [5.74, 6) is 0.0719. The molecule has 0 bridgehead atoms. The average Bonchev–Trinajstić information content (AvgIpc) is 2.60. The topological polar surface area (TPSA) is 86.3 Å². The number of aromatic amines is 1. The highest BCUT2D eigenvalue weighted by Gasteiger charge is 2.22. The number of nitrogens with one attached hydrogen (secondary N) is 1. The van der Waals surface area contributed by atoms with Crippen LogP contribution >= 0.6 is 0 Å². The molecule has 0 aliphatic heterocycles. The van der Waals surface area contributed by atoms with Gasteiger partial charge in [-0.15, -0.1) is 0 Å². The number of amides is 1. The van der Waals surface area contributed by atoms with Gasteiger partial charge in [-0.25, -0.2) is 4.98 Å². The minimum Gasteiger partial charge on any atom is -0.395 e. The highest BCUT2D eigenvalue weighted by molar-refractivity contribution is 5.93. The summed E-state index contributed by atoms with van der Waals surface area (Å²) in [5, 5.41) is 9.25. The standard InChI is InChI=1S/C20H25N3O3/c1-20(2,3)19-21-14-16(17(25)22-19)18(26)23(12-13-24)11-7-10-15-8-5-4-6-9-15/h4-10,14,24H,11-13H2,1-3H3,(H,21,22,25). The normalized spacial score (nSPS) is 11.7. The van der Waals surface area contributed by atoms with Gasteiger partial charge in [0.25, 0.3) is 11.5 Å². The van der Waals surface area contributed by atoms with Crippen LogP contribution in [0.5, 0.6) is 0 Å². The van der Waals surface area contributed by atoms with Gasteiger partial charge in [-0.2, -0.15) is 0 Å². The van der Waals surface area contributed by atoms with Crippen LogP contribution in [0.1, 0.15) is 42.5 Å². The molecule has 1 aromatic heterocycles. The van der Waals surface area contributed by atoms with Crippen molar-refractivity contribution in [2.75, 3.05) is 19.7 Å². The first-order chi connectivity index (χ1) is 12.3. The number of aliphatic hydroxyl groups is 1. The van der Waals surface area contributed by atoms with Gasteiger partial charge in [0.1, 0.15) is 11.4 Å². The molecule has 0 radical (unpaired) electrons. The number of hydrogen-bond donors (Lipinski definition) is 2. The molecular weight excluding hydrogens is 330 g/mol. The monoisotopic (exact) mass is 355 g/mol. The van der Waals surface area contributed by atoms with Crippen LogP contribution < -0.4 is 5.56 Å². The van der Waals surface area contributed by atoms with Crippen molar-refractivity contribution in [2.24, 2.45) is 0 Å². The molecule has 0 unspecified atom stereocenters. The van der Waals surface area contributed by atoms with Crippen LogP contribution in [0.25, 0.3) is 6.08 Å². The number of benzene rings is 1. The SMILES string of the molecule is CC(C)(C)c1ncc(C(=O)N(CC=Cc2ccccc2)CCO)c(=O)[nH]1. The lowest BCUT2D eigenvalue weighted by Crippen LogP contribution is -2.37. The average molecular weight is 355 g/mol. The number of hydrogen-bond acceptors (Lipinski definition) is 4. The van der Waals surface area contributed by atoms with Crippen molar-refractivity contribution in [1.29, 1.82) is 0 Å². The summed E-state index contributed by atoms with van der Waals surface area (Å²) in [4.78, 5) is 33.3. The van der Waals surface area contributed by atoms with E-state index in [1.807, 2.05) is 63.3 Å². The number of H-pyrrole nitrogens is 1. The zero-order valence-electron chi connectivity index (χ0n) is 15.4. The molecule has 1 heterocycles. The van der Waals surface area contributed by atoms with E-state index in [1.54, 1.807) is 0 Å². The Morgan fingerprint density at radius 3 is 2.54 bits per heavy atom. The molecule has 1 aromatic carbocycles. The summed E-state index contributed by atoms with van der Waals surface area (Å²) < 4.78 is 0. The minimum atomic E-state index is -0.468. The van der Waals surface area contributed by atoms with Gasteiger partial charge in [0.2, 0.25) is 0 Å². The third-order valence-corrected chi connectivity index (χ3v) is 3.83. The lowest BCUT2D eigenvalue weighted by molar-refractivity contribution is 0.0740. The predicted octanol–water partition coefficient (Wildman–Crippen LogP) is 2.22. The third-order valence-electron chi connectivity index (χ3n) is 3.83. The smallest absolute Gasteiger partial charge is 0.263 e. The van der Waals surface area contributed by atoms with Gasteiger partial charge in [-0.1, -0.05) is 63.3 Å². The molecule has 0 spiro atoms. The van der Waals surface area contributed by atoms with Crippen molar-refractivity contribution in [1.82, 2.24) is 14.9 Å². The number of rotatable bonds is 6. The van der Waals surface area contributed by atoms with Gasteiger partial charge in [0.15, 0.2) is 0 Å². The molecule has 6 nitrogen and oxygen atoms in total. The predicted molar refractivity (Wildman–Crippen MR) is 102 cm³/mol. The molecule has 0 saturated heterocycles. The van der Waals surface area contributed by atoms with Crippen molar-refractivity contribution in [2.45, 2.75) is 26.2 Å². The Hall–Kier alpha value is -2.73. The Kier molecular flexibility index (Phi) is 6.46. The lowest BCUT2D eigenvalue weighted by Gasteiger charge is -2.21. The molecular formula is C20H25N3O3. The first kappa shape index (κ1) is 19.6. The quantitative estimate of drug-likeness (QED) is 0.832. The van der Waals surface area contributed by atoms with E-state index in [0.29, 0.717) is 5.82 Å². The molecule has 0 saturated carbocycles. The van der Waals surface area contributed by atoms with Gasteiger partial charge < -0.3 is 15.0 Å². The fourth-order valence-corrected chi connectivity index (χ4v) is 2.38. The lowest BCUT2D eigenvalue weighted by atomic mass is 9.96. The van der Waals surface area contributed by atoms with E-state index < -0.39 is 11.5 Å². The highest BCUT2D eigenvalue weighted by atomic mass is 16.3. The van der Waals surface area contributed by atoms with E-state index in [2.05, 4.69) is 9.97 Å². The number of aliphatic hydroxyl groups excluding tert-OH is 1. The van der Waals surface area contributed by atoms with Gasteiger partial charge in [0, 0.05) is 24.7 Å². The zero-order chi connectivity index (χ0) is 19.2. The van der Waals surface area contributed by atoms with Crippen molar-refractivity contribution in [3.05, 3.63) is 69.9 Å². The molecule has 6 heteroatoms. The third kappa shape index (κ3) is 5.13. The van der Waals surface area contributed by atoms with Crippen LogP contribution in [0.4, 0.5) is 0 Å². The largest absolute Gasteiger partial charge is 0.395 e. The van der Waals surface area contributed by atoms with Crippen LogP contribution in [-0.2, 0) is 5.41 Å². The maximum absolute atomic E-state index is 12.7. The molecule has 2 aromatic rings. The second kappa shape index (κ2) is 8.58. The van der Waals surface area contributed by atoms with Gasteiger partial charge >= 0.3 is 0 Å². The van der Waals surface area contributed by atoms with E-state index in [4.69, 9.17) is 0 Å². The van der Waals surface area contributed by atoms with E-state index >= 15 is 0 Å². The maximum atomic E-state index is 12.7. The number of aromatic nitrogens is 2. The second-order valence-corrected chi connectivity index (χ2v) is 7.01. The molecule has 0 aliphatic rings. The van der Waals surface area contributed by atoms with Crippen LogP contribution in [0.15, 0.2) is 47.4 Å². The number of nitrogens with zero attached hydrogens (tertiary/aromatic N) is 2. The Bertz CT molecular complexity index is 820. The van der Waals surface area contributed by atoms with Crippen LogP contribution in [-0.4, -0.2) is 45.6 Å². The molecule has 2 N–H and O–H groups in total. The first-order valence-electron chi connectivity index (χ1n) is 8.54. The fraction of sp³-hybridized carbons (Fsp3) is 0.350. The molecule has 26 heavy (non-hydrogen) atoms. The van der Waals surface area contributed by atoms with E-state index in [9.17, 15) is 14.7 Å². The summed E-state index contributed by atoms with van der Waals surface area (Å²) in [7, 11) is 0. The summed E-state index contributed by atoms with van der Waals surface area (Å²) in [6, 6.07) is 9.69. The van der Waals surface area contributed by atoms with Crippen molar-refractivity contribution in [3.8, 4) is 0 Å². The van der Waals surface area contributed by atoms with Gasteiger partial charge in [0.05, 0.1) is 6.61 Å². The highest BCUT2D eigenvalue weighted by Crippen LogP contribution is 2.16. The second-order valence-electron chi connectivity index (χ2n) is 7.01. The first-order valence-corrected chi connectivity index (χ1v) is 8.54. The molecule has 138 valence electrons. The zero-order valence-corrected chi connectivity index (χ0v) is 15.4. The summed E-state index contributed by atoms with van der Waals surface area (Å²) in [5.41, 5.74) is 0.201. The van der Waals surface area contributed by atoms with Crippen LogP contribution in [0, 0.1) is 0 Å². The summed E-state index contributed by atoms with van der Waals surface area (Å²) in [6.45, 7) is 6.03. The Morgan fingerprint density at radius 2 is 1.96 bits per heavy atom. The fourth-order valence-electron chi connectivity index (χ4n) is 2.38. The molecule has 0 atom stereocenters. The van der Waals surface area contributed by atoms with E-state index in [-0.39, 0.29) is 30.7 Å². The Labute approximate surface area is 153 Å². The number of carbonyl (C=O) groups is 1. The van der Waals surface area contributed by atoms with Gasteiger partial charge in [-0.05, 0) is 5.56 Å². The van der Waals surface area contributed by atoms with E-state index in [0.717, 1.165) is 5.56 Å². The maximum Gasteiger partial charge on any atom is 0.263 e. The molecule has 2 rings (SSSR count). The van der Waals surface area contributed by atoms with Crippen molar-refractivity contribution < 1.29 is 9.90 Å². The minimum absolute atomic E-state index is 0.0282. The van der Waals surface area contributed by atoms with E-state index in [1.165, 1.54) is 11.1 Å². The molecule has 0 fully saturated rings. The Morgan fingerprint density at radius 1 is 1.27 bits per heavy atom.